The Balaban J connectivity index is 2.45. The number of rotatable bonds is 1. The maximum absolute atomic E-state index is 12.5. The maximum atomic E-state index is 12.5. The molecule has 1 N–H and O–H groups in total. The molecule has 0 aromatic carbocycles. The minimum atomic E-state index is -5.36. The molecule has 17 heavy (non-hydrogen) atoms. The van der Waals surface area contributed by atoms with Crippen molar-refractivity contribution < 1.29 is 26.7 Å². The summed E-state index contributed by atoms with van der Waals surface area (Å²) in [7, 11) is -5.36. The number of allylic oxidation sites excluding steroid dienone is 3. The predicted octanol–water partition coefficient (Wildman–Crippen LogP) is 1.56. The first-order valence-corrected chi connectivity index (χ1v) is 6.52. The monoisotopic (exact) mass is 267 g/mol. The maximum Gasteiger partial charge on any atom is 0.501 e. The van der Waals surface area contributed by atoms with Gasteiger partial charge in [0.15, 0.2) is 0 Å². The summed E-state index contributed by atoms with van der Waals surface area (Å²) >= 11 is 0. The first kappa shape index (κ1) is 12.6. The van der Waals surface area contributed by atoms with E-state index in [0.29, 0.717) is 12.8 Å². The molecule has 3 unspecified atom stereocenters. The predicted molar refractivity (Wildman–Crippen MR) is 53.1 cm³/mol. The third kappa shape index (κ3) is 1.91. The molecule has 1 fully saturated rings. The average Bonchev–Trinajstić information content (AvgIpc) is 2.59. The zero-order valence-electron chi connectivity index (χ0n) is 8.61. The van der Waals surface area contributed by atoms with Gasteiger partial charge in [-0.25, -0.2) is 8.42 Å². The fourth-order valence-corrected chi connectivity index (χ4v) is 3.51. The van der Waals surface area contributed by atoms with E-state index < -0.39 is 38.2 Å². The van der Waals surface area contributed by atoms with Gasteiger partial charge in [-0.3, -0.25) is 0 Å². The number of halogens is 3. The molecule has 0 bridgehead atoms. The number of aliphatic hydroxyl groups excluding tert-OH is 1. The molecule has 3 nitrogen and oxygen atoms in total. The van der Waals surface area contributed by atoms with E-state index in [4.69, 9.17) is 0 Å². The Morgan fingerprint density at radius 3 is 2.59 bits per heavy atom. The summed E-state index contributed by atoms with van der Waals surface area (Å²) in [6.07, 6.45) is 4.54. The van der Waals surface area contributed by atoms with Crippen molar-refractivity contribution in [2.45, 2.75) is 24.5 Å². The van der Waals surface area contributed by atoms with Crippen molar-refractivity contribution in [1.82, 2.24) is 0 Å². The van der Waals surface area contributed by atoms with Crippen LogP contribution in [0.25, 0.3) is 0 Å². The van der Waals surface area contributed by atoms with Gasteiger partial charge < -0.3 is 5.11 Å². The summed E-state index contributed by atoms with van der Waals surface area (Å²) < 4.78 is 60.1. The standard InChI is InChI=1S/C10H10F3O3S/c11-10(12,13)17(15,16)8-3-1-2-6-4-5-7(14)9(6)8/h1,3,6-7,9,14H,4-5H2. The van der Waals surface area contributed by atoms with Crippen molar-refractivity contribution in [2.24, 2.45) is 11.8 Å². The lowest BCUT2D eigenvalue weighted by Crippen LogP contribution is -2.33. The van der Waals surface area contributed by atoms with E-state index in [0.717, 1.165) is 6.08 Å². The van der Waals surface area contributed by atoms with E-state index >= 15 is 0 Å². The molecule has 7 heteroatoms. The molecule has 0 spiro atoms. The highest BCUT2D eigenvalue weighted by Gasteiger charge is 2.53. The van der Waals surface area contributed by atoms with Crippen molar-refractivity contribution in [3.63, 3.8) is 0 Å². The summed E-state index contributed by atoms with van der Waals surface area (Å²) in [5.41, 5.74) is -5.32. The van der Waals surface area contributed by atoms with Crippen LogP contribution in [0.5, 0.6) is 0 Å². The molecule has 0 aromatic heterocycles. The fraction of sp³-hybridized carbons (Fsp3) is 0.600. The third-order valence-electron chi connectivity index (χ3n) is 3.12. The summed E-state index contributed by atoms with van der Waals surface area (Å²) in [6.45, 7) is 0. The number of alkyl halides is 3. The second-order valence-corrected chi connectivity index (χ2v) is 6.07. The van der Waals surface area contributed by atoms with E-state index in [1.165, 1.54) is 6.08 Å². The Labute approximate surface area is 96.5 Å². The van der Waals surface area contributed by atoms with Crippen molar-refractivity contribution in [3.05, 3.63) is 23.1 Å². The van der Waals surface area contributed by atoms with Crippen LogP contribution in [0.1, 0.15) is 12.8 Å². The summed E-state index contributed by atoms with van der Waals surface area (Å²) in [4.78, 5) is -0.737. The van der Waals surface area contributed by atoms with Gasteiger partial charge in [-0.05, 0) is 30.9 Å². The third-order valence-corrected chi connectivity index (χ3v) is 4.76. The molecule has 1 saturated carbocycles. The van der Waals surface area contributed by atoms with E-state index in [-0.39, 0.29) is 0 Å². The van der Waals surface area contributed by atoms with Crippen molar-refractivity contribution in [2.75, 3.05) is 0 Å². The van der Waals surface area contributed by atoms with Gasteiger partial charge in [0.05, 0.1) is 11.0 Å². The second kappa shape index (κ2) is 3.84. The number of sulfone groups is 1. The van der Waals surface area contributed by atoms with Crippen LogP contribution in [-0.4, -0.2) is 25.1 Å². The summed E-state index contributed by atoms with van der Waals surface area (Å²) in [5.74, 6) is -1.45. The average molecular weight is 267 g/mol. The Kier molecular flexibility index (Phi) is 2.86. The zero-order valence-corrected chi connectivity index (χ0v) is 9.42. The number of hydrogen-bond acceptors (Lipinski definition) is 3. The Morgan fingerprint density at radius 2 is 2.00 bits per heavy atom. The number of hydrogen-bond donors (Lipinski definition) is 1. The normalized spacial score (nSPS) is 33.4. The molecule has 2 aliphatic carbocycles. The molecular formula is C10H10F3O3S. The van der Waals surface area contributed by atoms with Gasteiger partial charge in [0.2, 0.25) is 0 Å². The quantitative estimate of drug-likeness (QED) is 0.784. The Bertz CT molecular complexity index is 476. The summed E-state index contributed by atoms with van der Waals surface area (Å²) in [6, 6.07) is 0. The van der Waals surface area contributed by atoms with Crippen LogP contribution >= 0.6 is 0 Å². The Hall–Kier alpha value is -0.820. The van der Waals surface area contributed by atoms with E-state index in [1.54, 1.807) is 0 Å². The first-order chi connectivity index (χ1) is 7.75. The molecule has 2 rings (SSSR count). The van der Waals surface area contributed by atoms with Crippen LogP contribution < -0.4 is 0 Å². The smallest absolute Gasteiger partial charge is 0.392 e. The van der Waals surface area contributed by atoms with Gasteiger partial charge in [0.1, 0.15) is 0 Å². The van der Waals surface area contributed by atoms with E-state index in [9.17, 15) is 26.7 Å². The molecule has 3 atom stereocenters. The highest BCUT2D eigenvalue weighted by atomic mass is 32.2. The minimum absolute atomic E-state index is 0.293. The van der Waals surface area contributed by atoms with Gasteiger partial charge in [-0.2, -0.15) is 13.2 Å². The highest BCUT2D eigenvalue weighted by Crippen LogP contribution is 2.45. The van der Waals surface area contributed by atoms with Crippen LogP contribution in [0.2, 0.25) is 0 Å². The van der Waals surface area contributed by atoms with Gasteiger partial charge >= 0.3 is 5.51 Å². The van der Waals surface area contributed by atoms with Crippen LogP contribution in [0.15, 0.2) is 17.1 Å². The first-order valence-electron chi connectivity index (χ1n) is 5.04. The van der Waals surface area contributed by atoms with Crippen molar-refractivity contribution in [3.8, 4) is 0 Å². The minimum Gasteiger partial charge on any atom is -0.392 e. The van der Waals surface area contributed by atoms with Crippen LogP contribution in [0.3, 0.4) is 0 Å². The molecule has 0 aliphatic heterocycles. The van der Waals surface area contributed by atoms with Gasteiger partial charge in [0, 0.05) is 5.92 Å². The lowest BCUT2D eigenvalue weighted by molar-refractivity contribution is -0.0431. The topological polar surface area (TPSA) is 54.4 Å². The van der Waals surface area contributed by atoms with Crippen LogP contribution in [0.4, 0.5) is 13.2 Å². The number of fused-ring (bicyclic) bond motifs is 1. The van der Waals surface area contributed by atoms with Gasteiger partial charge in [0.25, 0.3) is 9.84 Å². The SMILES string of the molecule is O=S(=O)(C1=CC=[C]C2CCC(O)C12)C(F)(F)F. The van der Waals surface area contributed by atoms with Crippen LogP contribution in [-0.2, 0) is 9.84 Å². The fourth-order valence-electron chi connectivity index (χ4n) is 2.32. The van der Waals surface area contributed by atoms with Gasteiger partial charge in [-0.15, -0.1) is 0 Å². The molecule has 0 saturated heterocycles. The number of aliphatic hydroxyl groups is 1. The molecule has 1 radical (unpaired) electrons. The molecule has 0 amide bonds. The van der Waals surface area contributed by atoms with Crippen molar-refractivity contribution in [1.29, 1.82) is 0 Å². The largest absolute Gasteiger partial charge is 0.501 e. The van der Waals surface area contributed by atoms with E-state index in [1.807, 2.05) is 0 Å². The van der Waals surface area contributed by atoms with Gasteiger partial charge in [-0.1, -0.05) is 6.08 Å². The lowest BCUT2D eigenvalue weighted by atomic mass is 9.90. The second-order valence-electron chi connectivity index (χ2n) is 4.13. The lowest BCUT2D eigenvalue weighted by Gasteiger charge is -2.25. The van der Waals surface area contributed by atoms with Crippen LogP contribution in [0, 0.1) is 17.9 Å². The summed E-state index contributed by atoms with van der Waals surface area (Å²) in [5, 5.41) is 9.60. The molecule has 0 aromatic rings. The molecule has 0 heterocycles. The Morgan fingerprint density at radius 1 is 1.35 bits per heavy atom. The molecule has 2 aliphatic rings. The van der Waals surface area contributed by atoms with Crippen molar-refractivity contribution >= 4 is 9.84 Å². The highest BCUT2D eigenvalue weighted by molar-refractivity contribution is 7.96. The molecular weight excluding hydrogens is 257 g/mol. The zero-order chi connectivity index (χ0) is 12.8. The van der Waals surface area contributed by atoms with E-state index in [2.05, 4.69) is 6.08 Å². The molecule has 95 valence electrons.